The van der Waals surface area contributed by atoms with Gasteiger partial charge in [-0.2, -0.15) is 0 Å². The van der Waals surface area contributed by atoms with Gasteiger partial charge in [-0.25, -0.2) is 0 Å². The highest BCUT2D eigenvalue weighted by atomic mass is 16.5. The van der Waals surface area contributed by atoms with Gasteiger partial charge in [0.25, 0.3) is 0 Å². The lowest BCUT2D eigenvalue weighted by molar-refractivity contribution is -0.152. The van der Waals surface area contributed by atoms with Crippen molar-refractivity contribution < 1.29 is 19.1 Å². The summed E-state index contributed by atoms with van der Waals surface area (Å²) in [4.78, 5) is 22.7. The zero-order chi connectivity index (χ0) is 18.5. The number of hydrogen-bond acceptors (Lipinski definition) is 4. The maximum absolute atomic E-state index is 11.5. The van der Waals surface area contributed by atoms with Crippen LogP contribution < -0.4 is 4.74 Å². The number of esters is 2. The van der Waals surface area contributed by atoms with Crippen LogP contribution >= 0.6 is 0 Å². The third-order valence-electron chi connectivity index (χ3n) is 6.69. The van der Waals surface area contributed by atoms with Crippen LogP contribution in [0.2, 0.25) is 0 Å². The molecule has 3 aliphatic carbocycles. The molecule has 4 rings (SSSR count). The van der Waals surface area contributed by atoms with Crippen molar-refractivity contribution in [3.05, 3.63) is 41.5 Å². The topological polar surface area (TPSA) is 52.6 Å². The molecule has 0 heterocycles. The minimum atomic E-state index is -0.278. The van der Waals surface area contributed by atoms with E-state index in [1.165, 1.54) is 25.0 Å². The second-order valence-electron chi connectivity index (χ2n) is 8.25. The highest BCUT2D eigenvalue weighted by molar-refractivity contribution is 5.69. The normalized spacial score (nSPS) is 34.4. The van der Waals surface area contributed by atoms with Gasteiger partial charge >= 0.3 is 11.9 Å². The van der Waals surface area contributed by atoms with Crippen LogP contribution in [0.15, 0.2) is 30.4 Å². The Labute approximate surface area is 154 Å². The number of benzene rings is 1. The highest BCUT2D eigenvalue weighted by Crippen LogP contribution is 2.59. The second-order valence-corrected chi connectivity index (χ2v) is 8.25. The van der Waals surface area contributed by atoms with Crippen LogP contribution in [0.1, 0.15) is 57.1 Å². The van der Waals surface area contributed by atoms with Crippen molar-refractivity contribution in [3.63, 3.8) is 0 Å². The standard InChI is InChI=1S/C22H26O4/c1-13(23)25-16-5-7-17-15(12-16)4-6-19-18(17)10-11-22(3)20(19)8-9-21(22)26-14(2)24/h5,7-9,12,18-21H,4,6,10-11H2,1-3H3/t18-,19-,20+,21+,22+/m1/s1. The number of rotatable bonds is 2. The molecule has 0 saturated heterocycles. The molecular weight excluding hydrogens is 328 g/mol. The summed E-state index contributed by atoms with van der Waals surface area (Å²) in [5.74, 6) is 1.73. The summed E-state index contributed by atoms with van der Waals surface area (Å²) >= 11 is 0. The van der Waals surface area contributed by atoms with Crippen molar-refractivity contribution in [2.24, 2.45) is 17.3 Å². The van der Waals surface area contributed by atoms with E-state index >= 15 is 0 Å². The summed E-state index contributed by atoms with van der Waals surface area (Å²) in [6.07, 6.45) is 8.59. The molecule has 0 N–H and O–H groups in total. The summed E-state index contributed by atoms with van der Waals surface area (Å²) in [5, 5.41) is 0. The summed E-state index contributed by atoms with van der Waals surface area (Å²) in [6.45, 7) is 5.21. The summed E-state index contributed by atoms with van der Waals surface area (Å²) in [5.41, 5.74) is 2.73. The lowest BCUT2D eigenvalue weighted by Crippen LogP contribution is -2.45. The fourth-order valence-electron chi connectivity index (χ4n) is 5.55. The van der Waals surface area contributed by atoms with Crippen molar-refractivity contribution in [1.29, 1.82) is 0 Å². The number of fused-ring (bicyclic) bond motifs is 5. The summed E-state index contributed by atoms with van der Waals surface area (Å²) < 4.78 is 10.9. The number of allylic oxidation sites excluding steroid dienone is 1. The van der Waals surface area contributed by atoms with E-state index in [4.69, 9.17) is 9.47 Å². The molecule has 0 radical (unpaired) electrons. The van der Waals surface area contributed by atoms with Crippen LogP contribution in [0.5, 0.6) is 5.75 Å². The molecule has 0 spiro atoms. The van der Waals surface area contributed by atoms with Crippen molar-refractivity contribution in [2.75, 3.05) is 0 Å². The molecule has 3 aliphatic rings. The highest BCUT2D eigenvalue weighted by Gasteiger charge is 2.53. The van der Waals surface area contributed by atoms with E-state index in [9.17, 15) is 9.59 Å². The number of carbonyl (C=O) groups is 2. The van der Waals surface area contributed by atoms with Crippen molar-refractivity contribution in [1.82, 2.24) is 0 Å². The van der Waals surface area contributed by atoms with Crippen molar-refractivity contribution in [3.8, 4) is 5.75 Å². The molecule has 1 saturated carbocycles. The number of carbonyl (C=O) groups excluding carboxylic acids is 2. The molecule has 138 valence electrons. The molecule has 0 amide bonds. The summed E-state index contributed by atoms with van der Waals surface area (Å²) in [7, 11) is 0. The van der Waals surface area contributed by atoms with E-state index in [1.807, 2.05) is 12.1 Å². The van der Waals surface area contributed by atoms with Gasteiger partial charge in [-0.3, -0.25) is 9.59 Å². The smallest absolute Gasteiger partial charge is 0.308 e. The van der Waals surface area contributed by atoms with E-state index in [2.05, 4.69) is 25.1 Å². The maximum atomic E-state index is 11.5. The fourth-order valence-corrected chi connectivity index (χ4v) is 5.55. The molecule has 0 aliphatic heterocycles. The van der Waals surface area contributed by atoms with Gasteiger partial charge in [0.15, 0.2) is 0 Å². The van der Waals surface area contributed by atoms with Crippen LogP contribution in [-0.4, -0.2) is 18.0 Å². The Morgan fingerprint density at radius 2 is 1.92 bits per heavy atom. The zero-order valence-corrected chi connectivity index (χ0v) is 15.7. The Kier molecular flexibility index (Phi) is 4.17. The Balaban J connectivity index is 1.59. The van der Waals surface area contributed by atoms with Crippen LogP contribution in [0.3, 0.4) is 0 Å². The van der Waals surface area contributed by atoms with Gasteiger partial charge < -0.3 is 9.47 Å². The average molecular weight is 354 g/mol. The molecule has 1 fully saturated rings. The van der Waals surface area contributed by atoms with Gasteiger partial charge in [0.2, 0.25) is 0 Å². The molecule has 5 atom stereocenters. The van der Waals surface area contributed by atoms with E-state index in [1.54, 1.807) is 0 Å². The monoisotopic (exact) mass is 354 g/mol. The van der Waals surface area contributed by atoms with Crippen molar-refractivity contribution in [2.45, 2.75) is 58.5 Å². The first-order chi connectivity index (χ1) is 12.4. The van der Waals surface area contributed by atoms with Gasteiger partial charge in [-0.15, -0.1) is 0 Å². The number of aryl methyl sites for hydroxylation is 1. The van der Waals surface area contributed by atoms with Gasteiger partial charge in [0.05, 0.1) is 0 Å². The number of hydrogen-bond donors (Lipinski definition) is 0. The molecule has 1 aromatic carbocycles. The Hall–Kier alpha value is -2.10. The first kappa shape index (κ1) is 17.3. The fraction of sp³-hybridized carbons (Fsp3) is 0.545. The summed E-state index contributed by atoms with van der Waals surface area (Å²) in [6, 6.07) is 6.10. The van der Waals surface area contributed by atoms with Crippen LogP contribution in [0, 0.1) is 17.3 Å². The molecule has 0 bridgehead atoms. The zero-order valence-electron chi connectivity index (χ0n) is 15.7. The maximum Gasteiger partial charge on any atom is 0.308 e. The first-order valence-electron chi connectivity index (χ1n) is 9.55. The van der Waals surface area contributed by atoms with Crippen LogP contribution in [-0.2, 0) is 20.7 Å². The minimum Gasteiger partial charge on any atom is -0.458 e. The molecule has 4 heteroatoms. The third kappa shape index (κ3) is 2.76. The van der Waals surface area contributed by atoms with Crippen LogP contribution in [0.4, 0.5) is 0 Å². The Bertz CT molecular complexity index is 780. The lowest BCUT2D eigenvalue weighted by atomic mass is 9.55. The van der Waals surface area contributed by atoms with Gasteiger partial charge in [-0.1, -0.05) is 19.1 Å². The predicted octanol–water partition coefficient (Wildman–Crippen LogP) is 4.18. The molecule has 26 heavy (non-hydrogen) atoms. The van der Waals surface area contributed by atoms with Gasteiger partial charge in [0.1, 0.15) is 11.9 Å². The predicted molar refractivity (Wildman–Crippen MR) is 97.8 cm³/mol. The quantitative estimate of drug-likeness (QED) is 0.454. The molecular formula is C22H26O4. The Morgan fingerprint density at radius 3 is 2.65 bits per heavy atom. The third-order valence-corrected chi connectivity index (χ3v) is 6.69. The second kappa shape index (κ2) is 6.26. The van der Waals surface area contributed by atoms with Gasteiger partial charge in [-0.05, 0) is 72.8 Å². The van der Waals surface area contributed by atoms with E-state index < -0.39 is 0 Å². The van der Waals surface area contributed by atoms with E-state index in [0.29, 0.717) is 23.5 Å². The van der Waals surface area contributed by atoms with Gasteiger partial charge in [0, 0.05) is 19.3 Å². The largest absolute Gasteiger partial charge is 0.458 e. The van der Waals surface area contributed by atoms with Crippen molar-refractivity contribution >= 4 is 11.9 Å². The molecule has 0 unspecified atom stereocenters. The SMILES string of the molecule is CC(=O)Oc1ccc2c(c1)CC[C@@H]1[C@@H]2CC[C@]2(C)[C@@H](OC(C)=O)C=C[C@@H]12. The molecule has 0 aromatic heterocycles. The van der Waals surface area contributed by atoms with E-state index in [-0.39, 0.29) is 23.5 Å². The van der Waals surface area contributed by atoms with E-state index in [0.717, 1.165) is 25.7 Å². The first-order valence-corrected chi connectivity index (χ1v) is 9.55. The lowest BCUT2D eigenvalue weighted by Gasteiger charge is -2.50. The average Bonchev–Trinajstić information content (AvgIpc) is 2.90. The minimum absolute atomic E-state index is 0.0159. The Morgan fingerprint density at radius 1 is 1.12 bits per heavy atom. The number of ether oxygens (including phenoxy) is 2. The molecule has 1 aromatic rings. The van der Waals surface area contributed by atoms with Crippen LogP contribution in [0.25, 0.3) is 0 Å². The molecule has 4 nitrogen and oxygen atoms in total.